The standard InChI is InChI=1S/C10H10ClN3O3S/c1-18(16,17)10-12-6-7-2-3-8(15)14(5-4-11)9(7)13-10/h2-3,6H,4-5H2,1H3. The summed E-state index contributed by atoms with van der Waals surface area (Å²) < 4.78 is 24.1. The molecule has 8 heteroatoms. The van der Waals surface area contributed by atoms with E-state index in [4.69, 9.17) is 11.6 Å². The van der Waals surface area contributed by atoms with Crippen LogP contribution in [0, 0.1) is 0 Å². The molecule has 0 saturated carbocycles. The molecule has 0 aliphatic carbocycles. The fraction of sp³-hybridized carbons (Fsp3) is 0.300. The largest absolute Gasteiger partial charge is 0.291 e. The lowest BCUT2D eigenvalue weighted by Crippen LogP contribution is -2.21. The fourth-order valence-electron chi connectivity index (χ4n) is 1.53. The van der Waals surface area contributed by atoms with Crippen LogP contribution in [0.15, 0.2) is 28.3 Å². The van der Waals surface area contributed by atoms with Crippen molar-refractivity contribution in [3.05, 3.63) is 28.7 Å². The normalized spacial score (nSPS) is 11.9. The van der Waals surface area contributed by atoms with Crippen LogP contribution in [-0.2, 0) is 16.4 Å². The van der Waals surface area contributed by atoms with E-state index in [9.17, 15) is 13.2 Å². The second-order valence-electron chi connectivity index (χ2n) is 3.72. The molecule has 2 rings (SSSR count). The van der Waals surface area contributed by atoms with Crippen molar-refractivity contribution >= 4 is 32.5 Å². The number of halogens is 1. The quantitative estimate of drug-likeness (QED) is 0.604. The Bertz CT molecular complexity index is 755. The van der Waals surface area contributed by atoms with E-state index >= 15 is 0 Å². The molecule has 0 amide bonds. The van der Waals surface area contributed by atoms with Crippen molar-refractivity contribution in [2.24, 2.45) is 0 Å². The lowest BCUT2D eigenvalue weighted by Gasteiger charge is -2.07. The average Bonchev–Trinajstić information content (AvgIpc) is 2.31. The second kappa shape index (κ2) is 4.66. The topological polar surface area (TPSA) is 81.9 Å². The van der Waals surface area contributed by atoms with Crippen molar-refractivity contribution in [1.29, 1.82) is 0 Å². The molecule has 0 unspecified atom stereocenters. The van der Waals surface area contributed by atoms with Crippen molar-refractivity contribution in [3.8, 4) is 0 Å². The molecule has 0 aliphatic heterocycles. The van der Waals surface area contributed by atoms with Gasteiger partial charge in [0.1, 0.15) is 5.65 Å². The van der Waals surface area contributed by atoms with Crippen LogP contribution in [0.25, 0.3) is 11.0 Å². The summed E-state index contributed by atoms with van der Waals surface area (Å²) >= 11 is 5.62. The van der Waals surface area contributed by atoms with Gasteiger partial charge < -0.3 is 0 Å². The van der Waals surface area contributed by atoms with Gasteiger partial charge in [0.05, 0.1) is 0 Å². The third-order valence-corrected chi connectivity index (χ3v) is 3.37. The highest BCUT2D eigenvalue weighted by Gasteiger charge is 2.13. The van der Waals surface area contributed by atoms with Crippen LogP contribution < -0.4 is 5.56 Å². The number of pyridine rings is 1. The summed E-state index contributed by atoms with van der Waals surface area (Å²) in [5.41, 5.74) is -0.000115. The summed E-state index contributed by atoms with van der Waals surface area (Å²) in [6, 6.07) is 2.92. The number of nitrogens with zero attached hydrogens (tertiary/aromatic N) is 3. The summed E-state index contributed by atoms with van der Waals surface area (Å²) in [5, 5.41) is 0.288. The molecule has 0 N–H and O–H groups in total. The van der Waals surface area contributed by atoms with E-state index in [1.54, 1.807) is 6.07 Å². The van der Waals surface area contributed by atoms with Crippen LogP contribution in [0.5, 0.6) is 0 Å². The minimum atomic E-state index is -3.51. The third kappa shape index (κ3) is 2.37. The molecule has 0 aliphatic rings. The predicted molar refractivity (Wildman–Crippen MR) is 67.6 cm³/mol. The van der Waals surface area contributed by atoms with E-state index in [0.29, 0.717) is 5.39 Å². The number of alkyl halides is 1. The van der Waals surface area contributed by atoms with Gasteiger partial charge in [-0.15, -0.1) is 11.6 Å². The SMILES string of the molecule is CS(=O)(=O)c1ncc2ccc(=O)n(CCCl)c2n1. The number of sulfone groups is 1. The van der Waals surface area contributed by atoms with E-state index in [0.717, 1.165) is 6.26 Å². The summed E-state index contributed by atoms with van der Waals surface area (Å²) in [4.78, 5) is 19.4. The van der Waals surface area contributed by atoms with Crippen molar-refractivity contribution in [2.45, 2.75) is 11.7 Å². The Labute approximate surface area is 108 Å². The molecular weight excluding hydrogens is 278 g/mol. The highest BCUT2D eigenvalue weighted by Crippen LogP contribution is 2.11. The number of hydrogen-bond acceptors (Lipinski definition) is 5. The Morgan fingerprint density at radius 3 is 2.72 bits per heavy atom. The average molecular weight is 288 g/mol. The van der Waals surface area contributed by atoms with Crippen molar-refractivity contribution in [2.75, 3.05) is 12.1 Å². The monoisotopic (exact) mass is 287 g/mol. The Kier molecular flexibility index (Phi) is 3.36. The van der Waals surface area contributed by atoms with Gasteiger partial charge in [0.25, 0.3) is 5.56 Å². The molecular formula is C10H10ClN3O3S. The summed E-state index contributed by atoms with van der Waals surface area (Å²) in [7, 11) is -3.51. The molecule has 6 nitrogen and oxygen atoms in total. The van der Waals surface area contributed by atoms with Crippen LogP contribution >= 0.6 is 11.6 Å². The lowest BCUT2D eigenvalue weighted by molar-refractivity contribution is 0.593. The van der Waals surface area contributed by atoms with Gasteiger partial charge in [-0.2, -0.15) is 4.98 Å². The molecule has 0 bridgehead atoms. The van der Waals surface area contributed by atoms with E-state index in [1.807, 2.05) is 0 Å². The molecule has 0 atom stereocenters. The summed E-state index contributed by atoms with van der Waals surface area (Å²) in [6.07, 6.45) is 2.39. The number of fused-ring (bicyclic) bond motifs is 1. The fourth-order valence-corrected chi connectivity index (χ4v) is 2.20. The van der Waals surface area contributed by atoms with Crippen LogP contribution in [0.2, 0.25) is 0 Å². The molecule has 0 saturated heterocycles. The van der Waals surface area contributed by atoms with E-state index in [-0.39, 0.29) is 28.8 Å². The number of aryl methyl sites for hydroxylation is 1. The van der Waals surface area contributed by atoms with Gasteiger partial charge in [-0.1, -0.05) is 0 Å². The number of hydrogen-bond donors (Lipinski definition) is 0. The lowest BCUT2D eigenvalue weighted by atomic mass is 10.3. The molecule has 18 heavy (non-hydrogen) atoms. The molecule has 0 radical (unpaired) electrons. The van der Waals surface area contributed by atoms with E-state index in [1.165, 1.54) is 16.8 Å². The maximum atomic E-state index is 11.7. The van der Waals surface area contributed by atoms with Gasteiger partial charge in [-0.25, -0.2) is 13.4 Å². The van der Waals surface area contributed by atoms with Crippen LogP contribution in [0.3, 0.4) is 0 Å². The highest BCUT2D eigenvalue weighted by atomic mass is 35.5. The van der Waals surface area contributed by atoms with Gasteiger partial charge in [0.15, 0.2) is 0 Å². The first kappa shape index (κ1) is 13.0. The van der Waals surface area contributed by atoms with Gasteiger partial charge in [-0.05, 0) is 6.07 Å². The summed E-state index contributed by atoms with van der Waals surface area (Å²) in [5.74, 6) is 0.233. The van der Waals surface area contributed by atoms with Crippen LogP contribution in [0.4, 0.5) is 0 Å². The Balaban J connectivity index is 2.81. The van der Waals surface area contributed by atoms with Gasteiger partial charge in [0.2, 0.25) is 15.0 Å². The molecule has 0 spiro atoms. The second-order valence-corrected chi connectivity index (χ2v) is 6.00. The van der Waals surface area contributed by atoms with Crippen molar-refractivity contribution in [3.63, 3.8) is 0 Å². The van der Waals surface area contributed by atoms with E-state index < -0.39 is 9.84 Å². The number of aromatic nitrogens is 3. The zero-order valence-corrected chi connectivity index (χ0v) is 11.1. The minimum Gasteiger partial charge on any atom is -0.291 e. The van der Waals surface area contributed by atoms with Gasteiger partial charge in [-0.3, -0.25) is 9.36 Å². The zero-order chi connectivity index (χ0) is 13.3. The van der Waals surface area contributed by atoms with Gasteiger partial charge in [0, 0.05) is 36.3 Å². The Morgan fingerprint density at radius 2 is 2.11 bits per heavy atom. The first-order chi connectivity index (χ1) is 8.43. The molecule has 0 fully saturated rings. The number of rotatable bonds is 3. The maximum absolute atomic E-state index is 11.7. The molecule has 2 aromatic heterocycles. The summed E-state index contributed by atoms with van der Waals surface area (Å²) in [6.45, 7) is 0.262. The minimum absolute atomic E-state index is 0.233. The maximum Gasteiger partial charge on any atom is 0.252 e. The van der Waals surface area contributed by atoms with Crippen LogP contribution in [0.1, 0.15) is 0 Å². The molecule has 96 valence electrons. The predicted octanol–water partition coefficient (Wildman–Crippen LogP) is 0.434. The van der Waals surface area contributed by atoms with E-state index in [2.05, 4.69) is 9.97 Å². The smallest absolute Gasteiger partial charge is 0.252 e. The first-order valence-electron chi connectivity index (χ1n) is 5.06. The van der Waals surface area contributed by atoms with Gasteiger partial charge >= 0.3 is 0 Å². The Morgan fingerprint density at radius 1 is 1.39 bits per heavy atom. The zero-order valence-electron chi connectivity index (χ0n) is 9.50. The molecule has 2 aromatic rings. The highest BCUT2D eigenvalue weighted by molar-refractivity contribution is 7.90. The van der Waals surface area contributed by atoms with Crippen molar-refractivity contribution in [1.82, 2.24) is 14.5 Å². The van der Waals surface area contributed by atoms with Crippen LogP contribution in [-0.4, -0.2) is 35.1 Å². The molecule has 0 aromatic carbocycles. The van der Waals surface area contributed by atoms with Crippen molar-refractivity contribution < 1.29 is 8.42 Å². The molecule has 2 heterocycles. The third-order valence-electron chi connectivity index (χ3n) is 2.34. The Hall–Kier alpha value is -1.47. The first-order valence-corrected chi connectivity index (χ1v) is 7.48.